The van der Waals surface area contributed by atoms with Gasteiger partial charge in [0, 0.05) is 5.02 Å². The Balaban J connectivity index is 2.52. The Kier molecular flexibility index (Phi) is 4.86. The van der Waals surface area contributed by atoms with E-state index in [1.165, 1.54) is 6.07 Å². The first-order chi connectivity index (χ1) is 9.97. The monoisotopic (exact) mass is 307 g/mol. The normalized spacial score (nSPS) is 12.3. The van der Waals surface area contributed by atoms with Crippen molar-refractivity contribution >= 4 is 11.6 Å². The molecule has 0 aliphatic heterocycles. The SMILES string of the molecule is CNC(c1ccc(C)c(OC)c1)c1cc(C)c(F)cc1Cl. The first-order valence-corrected chi connectivity index (χ1v) is 7.13. The maximum Gasteiger partial charge on any atom is 0.127 e. The van der Waals surface area contributed by atoms with E-state index in [2.05, 4.69) is 5.32 Å². The molecule has 0 bridgehead atoms. The fourth-order valence-electron chi connectivity index (χ4n) is 2.42. The van der Waals surface area contributed by atoms with Crippen LogP contribution in [0.15, 0.2) is 30.3 Å². The highest BCUT2D eigenvalue weighted by Crippen LogP contribution is 2.32. The average molecular weight is 308 g/mol. The molecule has 1 unspecified atom stereocenters. The summed E-state index contributed by atoms with van der Waals surface area (Å²) in [6, 6.07) is 9.03. The summed E-state index contributed by atoms with van der Waals surface area (Å²) in [6.45, 7) is 3.73. The quantitative estimate of drug-likeness (QED) is 0.903. The minimum atomic E-state index is -0.292. The first-order valence-electron chi connectivity index (χ1n) is 6.75. The fourth-order valence-corrected chi connectivity index (χ4v) is 2.68. The van der Waals surface area contributed by atoms with Crippen molar-refractivity contribution < 1.29 is 9.13 Å². The third-order valence-corrected chi connectivity index (χ3v) is 3.97. The van der Waals surface area contributed by atoms with Gasteiger partial charge in [0.25, 0.3) is 0 Å². The summed E-state index contributed by atoms with van der Waals surface area (Å²) in [5, 5.41) is 3.64. The molecule has 2 nitrogen and oxygen atoms in total. The van der Waals surface area contributed by atoms with Crippen molar-refractivity contribution in [1.82, 2.24) is 5.32 Å². The van der Waals surface area contributed by atoms with Crippen LogP contribution >= 0.6 is 11.6 Å². The molecule has 0 fully saturated rings. The highest BCUT2D eigenvalue weighted by atomic mass is 35.5. The number of halogens is 2. The molecule has 1 atom stereocenters. The molecule has 0 saturated carbocycles. The topological polar surface area (TPSA) is 21.3 Å². The van der Waals surface area contributed by atoms with E-state index >= 15 is 0 Å². The van der Waals surface area contributed by atoms with Gasteiger partial charge in [0.1, 0.15) is 11.6 Å². The summed E-state index contributed by atoms with van der Waals surface area (Å²) in [5.41, 5.74) is 3.52. The first kappa shape index (κ1) is 15.8. The van der Waals surface area contributed by atoms with Crippen LogP contribution in [-0.4, -0.2) is 14.2 Å². The lowest BCUT2D eigenvalue weighted by Gasteiger charge is -2.20. The van der Waals surface area contributed by atoms with E-state index in [-0.39, 0.29) is 11.9 Å². The molecule has 0 aliphatic rings. The summed E-state index contributed by atoms with van der Waals surface area (Å²) >= 11 is 6.22. The summed E-state index contributed by atoms with van der Waals surface area (Å²) in [5.74, 6) is 0.530. The van der Waals surface area contributed by atoms with Crippen LogP contribution in [0.3, 0.4) is 0 Å². The Bertz CT molecular complexity index is 657. The smallest absolute Gasteiger partial charge is 0.127 e. The second kappa shape index (κ2) is 6.46. The molecular weight excluding hydrogens is 289 g/mol. The molecular formula is C17H19ClFNO. The molecule has 2 aromatic carbocycles. The third-order valence-electron chi connectivity index (χ3n) is 3.64. The number of aryl methyl sites for hydroxylation is 2. The molecule has 112 valence electrons. The molecule has 0 radical (unpaired) electrons. The van der Waals surface area contributed by atoms with Gasteiger partial charge >= 0.3 is 0 Å². The second-order valence-corrected chi connectivity index (χ2v) is 5.48. The molecule has 0 spiro atoms. The molecule has 0 heterocycles. The van der Waals surface area contributed by atoms with Gasteiger partial charge in [0.15, 0.2) is 0 Å². The maximum atomic E-state index is 13.6. The van der Waals surface area contributed by atoms with Crippen molar-refractivity contribution in [2.75, 3.05) is 14.2 Å². The molecule has 2 rings (SSSR count). The molecule has 4 heteroatoms. The van der Waals surface area contributed by atoms with Crippen LogP contribution in [0.4, 0.5) is 4.39 Å². The van der Waals surface area contributed by atoms with Crippen molar-refractivity contribution in [3.63, 3.8) is 0 Å². The minimum absolute atomic E-state index is 0.119. The minimum Gasteiger partial charge on any atom is -0.496 e. The number of hydrogen-bond acceptors (Lipinski definition) is 2. The molecule has 1 N–H and O–H groups in total. The predicted octanol–water partition coefficient (Wildman–Crippen LogP) is 4.41. The Morgan fingerprint density at radius 1 is 1.14 bits per heavy atom. The van der Waals surface area contributed by atoms with Crippen molar-refractivity contribution in [1.29, 1.82) is 0 Å². The fraction of sp³-hybridized carbons (Fsp3) is 0.294. The van der Waals surface area contributed by atoms with E-state index in [0.29, 0.717) is 10.6 Å². The molecule has 0 amide bonds. The number of ether oxygens (including phenoxy) is 1. The van der Waals surface area contributed by atoms with Gasteiger partial charge in [-0.15, -0.1) is 0 Å². The highest BCUT2D eigenvalue weighted by molar-refractivity contribution is 6.31. The van der Waals surface area contributed by atoms with Crippen LogP contribution in [0.2, 0.25) is 5.02 Å². The largest absolute Gasteiger partial charge is 0.496 e. The Morgan fingerprint density at radius 3 is 2.48 bits per heavy atom. The summed E-state index contributed by atoms with van der Waals surface area (Å²) in [7, 11) is 3.50. The molecule has 0 aromatic heterocycles. The second-order valence-electron chi connectivity index (χ2n) is 5.07. The van der Waals surface area contributed by atoms with Gasteiger partial charge in [0.05, 0.1) is 13.2 Å². The van der Waals surface area contributed by atoms with Crippen LogP contribution in [0.1, 0.15) is 28.3 Å². The lowest BCUT2D eigenvalue weighted by molar-refractivity contribution is 0.410. The van der Waals surface area contributed by atoms with Gasteiger partial charge in [-0.25, -0.2) is 4.39 Å². The summed E-state index contributed by atoms with van der Waals surface area (Å²) < 4.78 is 18.9. The van der Waals surface area contributed by atoms with Gasteiger partial charge < -0.3 is 10.1 Å². The van der Waals surface area contributed by atoms with Gasteiger partial charge in [-0.2, -0.15) is 0 Å². The predicted molar refractivity (Wildman–Crippen MR) is 84.8 cm³/mol. The number of benzene rings is 2. The van der Waals surface area contributed by atoms with Gasteiger partial charge in [-0.3, -0.25) is 0 Å². The lowest BCUT2D eigenvalue weighted by Crippen LogP contribution is -2.18. The molecule has 0 aliphatic carbocycles. The molecule has 0 saturated heterocycles. The van der Waals surface area contributed by atoms with Crippen LogP contribution in [0, 0.1) is 19.7 Å². The number of methoxy groups -OCH3 is 1. The Hall–Kier alpha value is -1.58. The van der Waals surface area contributed by atoms with Crippen LogP contribution in [0.25, 0.3) is 0 Å². The van der Waals surface area contributed by atoms with Crippen molar-refractivity contribution in [3.8, 4) is 5.75 Å². The van der Waals surface area contributed by atoms with Crippen molar-refractivity contribution in [2.24, 2.45) is 0 Å². The van der Waals surface area contributed by atoms with E-state index in [1.54, 1.807) is 20.1 Å². The van der Waals surface area contributed by atoms with E-state index < -0.39 is 0 Å². The standard InChI is InChI=1S/C17H19ClFNO/c1-10-5-6-12(8-16(10)21-4)17(20-3)13-7-11(2)15(19)9-14(13)18/h5-9,17,20H,1-4H3. The zero-order valence-corrected chi connectivity index (χ0v) is 13.4. The van der Waals surface area contributed by atoms with Crippen molar-refractivity contribution in [2.45, 2.75) is 19.9 Å². The zero-order chi connectivity index (χ0) is 15.6. The van der Waals surface area contributed by atoms with Gasteiger partial charge in [0.2, 0.25) is 0 Å². The van der Waals surface area contributed by atoms with Crippen LogP contribution in [-0.2, 0) is 0 Å². The van der Waals surface area contributed by atoms with E-state index in [1.807, 2.05) is 32.2 Å². The Labute approximate surface area is 129 Å². The van der Waals surface area contributed by atoms with Gasteiger partial charge in [-0.05, 0) is 61.3 Å². The van der Waals surface area contributed by atoms with E-state index in [0.717, 1.165) is 22.4 Å². The summed E-state index contributed by atoms with van der Waals surface area (Å²) in [6.07, 6.45) is 0. The highest BCUT2D eigenvalue weighted by Gasteiger charge is 2.18. The average Bonchev–Trinajstić information content (AvgIpc) is 2.46. The third kappa shape index (κ3) is 3.20. The Morgan fingerprint density at radius 2 is 1.86 bits per heavy atom. The van der Waals surface area contributed by atoms with Crippen LogP contribution < -0.4 is 10.1 Å². The zero-order valence-electron chi connectivity index (χ0n) is 12.6. The number of rotatable bonds is 4. The van der Waals surface area contributed by atoms with E-state index in [4.69, 9.17) is 16.3 Å². The lowest BCUT2D eigenvalue weighted by atomic mass is 9.96. The van der Waals surface area contributed by atoms with E-state index in [9.17, 15) is 4.39 Å². The number of hydrogen-bond donors (Lipinski definition) is 1. The van der Waals surface area contributed by atoms with Gasteiger partial charge in [-0.1, -0.05) is 23.7 Å². The van der Waals surface area contributed by atoms with Crippen molar-refractivity contribution in [3.05, 3.63) is 63.4 Å². The number of nitrogens with one attached hydrogen (secondary N) is 1. The van der Waals surface area contributed by atoms with Crippen LogP contribution in [0.5, 0.6) is 5.75 Å². The molecule has 21 heavy (non-hydrogen) atoms. The summed E-state index contributed by atoms with van der Waals surface area (Å²) in [4.78, 5) is 0. The molecule has 2 aromatic rings. The maximum absolute atomic E-state index is 13.6.